The van der Waals surface area contributed by atoms with Gasteiger partial charge in [-0.25, -0.2) is 0 Å². The second-order valence-corrected chi connectivity index (χ2v) is 5.26. The van der Waals surface area contributed by atoms with Crippen LogP contribution in [-0.4, -0.2) is 0 Å². The molecule has 17 heavy (non-hydrogen) atoms. The number of hydrogen-bond acceptors (Lipinski definition) is 2. The molecule has 0 aliphatic rings. The van der Waals surface area contributed by atoms with E-state index in [1.54, 1.807) is 0 Å². The van der Waals surface area contributed by atoms with Crippen LogP contribution in [0.3, 0.4) is 0 Å². The molecule has 0 bridgehead atoms. The fourth-order valence-corrected chi connectivity index (χ4v) is 2.32. The Morgan fingerprint density at radius 2 is 2.12 bits per heavy atom. The molecule has 1 rings (SSSR count). The van der Waals surface area contributed by atoms with Crippen LogP contribution < -0.4 is 11.3 Å². The summed E-state index contributed by atoms with van der Waals surface area (Å²) in [4.78, 5) is 0. The lowest BCUT2D eigenvalue weighted by molar-refractivity contribution is 0.394. The van der Waals surface area contributed by atoms with Crippen LogP contribution in [0.5, 0.6) is 0 Å². The van der Waals surface area contributed by atoms with Crippen molar-refractivity contribution in [2.45, 2.75) is 46.1 Å². The summed E-state index contributed by atoms with van der Waals surface area (Å²) in [5.74, 6) is 6.33. The molecule has 3 heteroatoms. The molecule has 2 nitrogen and oxygen atoms in total. The number of hydrogen-bond donors (Lipinski definition) is 2. The zero-order valence-electron chi connectivity index (χ0n) is 11.0. The first-order valence-electron chi connectivity index (χ1n) is 6.30. The molecule has 1 aromatic rings. The lowest BCUT2D eigenvalue weighted by atomic mass is 9.93. The number of aryl methyl sites for hydroxylation is 1. The predicted octanol–water partition coefficient (Wildman–Crippen LogP) is 3.98. The summed E-state index contributed by atoms with van der Waals surface area (Å²) in [6, 6.07) is 6.33. The van der Waals surface area contributed by atoms with E-state index < -0.39 is 0 Å². The number of benzene rings is 1. The highest BCUT2D eigenvalue weighted by Gasteiger charge is 2.14. The maximum atomic E-state index is 6.03. The minimum Gasteiger partial charge on any atom is -0.271 e. The second kappa shape index (κ2) is 7.00. The van der Waals surface area contributed by atoms with Crippen LogP contribution in [0.25, 0.3) is 0 Å². The Morgan fingerprint density at radius 3 is 2.65 bits per heavy atom. The van der Waals surface area contributed by atoms with Gasteiger partial charge in [-0.3, -0.25) is 11.3 Å². The monoisotopic (exact) mass is 254 g/mol. The van der Waals surface area contributed by atoms with Crippen molar-refractivity contribution in [2.75, 3.05) is 0 Å². The Morgan fingerprint density at radius 1 is 1.41 bits per heavy atom. The van der Waals surface area contributed by atoms with Crippen molar-refractivity contribution < 1.29 is 0 Å². The van der Waals surface area contributed by atoms with E-state index in [9.17, 15) is 0 Å². The van der Waals surface area contributed by atoms with Crippen molar-refractivity contribution in [3.63, 3.8) is 0 Å². The van der Waals surface area contributed by atoms with Crippen LogP contribution in [-0.2, 0) is 0 Å². The van der Waals surface area contributed by atoms with Gasteiger partial charge in [-0.05, 0) is 36.5 Å². The van der Waals surface area contributed by atoms with E-state index in [1.165, 1.54) is 18.4 Å². The molecule has 0 aliphatic heterocycles. The third-order valence-electron chi connectivity index (χ3n) is 3.21. The zero-order chi connectivity index (χ0) is 12.8. The first kappa shape index (κ1) is 14.5. The lowest BCUT2D eigenvalue weighted by Crippen LogP contribution is -2.29. The van der Waals surface area contributed by atoms with Gasteiger partial charge in [0.2, 0.25) is 0 Å². The number of nitrogens with two attached hydrogens (primary N) is 1. The summed E-state index contributed by atoms with van der Waals surface area (Å²) in [6.45, 7) is 6.51. The Balaban J connectivity index is 2.75. The van der Waals surface area contributed by atoms with Gasteiger partial charge in [0, 0.05) is 11.1 Å². The van der Waals surface area contributed by atoms with E-state index in [-0.39, 0.29) is 6.04 Å². The number of halogens is 1. The van der Waals surface area contributed by atoms with Gasteiger partial charge in [0.15, 0.2) is 0 Å². The quantitative estimate of drug-likeness (QED) is 0.595. The topological polar surface area (TPSA) is 38.0 Å². The minimum atomic E-state index is 0.215. The van der Waals surface area contributed by atoms with E-state index in [0.717, 1.165) is 17.0 Å². The summed E-state index contributed by atoms with van der Waals surface area (Å²) in [5, 5.41) is 0.811. The third kappa shape index (κ3) is 4.30. The van der Waals surface area contributed by atoms with Gasteiger partial charge in [0.05, 0.1) is 0 Å². The molecule has 0 aromatic heterocycles. The van der Waals surface area contributed by atoms with Crippen LogP contribution >= 0.6 is 11.6 Å². The van der Waals surface area contributed by atoms with Crippen LogP contribution in [0.2, 0.25) is 5.02 Å². The van der Waals surface area contributed by atoms with E-state index in [0.29, 0.717) is 5.92 Å². The zero-order valence-corrected chi connectivity index (χ0v) is 11.7. The standard InChI is InChI=1S/C14H23ClN2/c1-4-5-10(2)8-14(17-16)12-6-7-13(15)11(3)9-12/h6-7,9-10,14,17H,4-5,8,16H2,1-3H3. The van der Waals surface area contributed by atoms with Crippen molar-refractivity contribution in [2.24, 2.45) is 11.8 Å². The normalized spacial score (nSPS) is 14.6. The maximum absolute atomic E-state index is 6.03. The molecule has 0 aliphatic carbocycles. The number of hydrazine groups is 1. The average molecular weight is 255 g/mol. The van der Waals surface area contributed by atoms with E-state index >= 15 is 0 Å². The number of nitrogens with one attached hydrogen (secondary N) is 1. The molecule has 0 heterocycles. The van der Waals surface area contributed by atoms with Crippen molar-refractivity contribution in [1.82, 2.24) is 5.43 Å². The maximum Gasteiger partial charge on any atom is 0.0462 e. The molecule has 2 atom stereocenters. The minimum absolute atomic E-state index is 0.215. The molecular weight excluding hydrogens is 232 g/mol. The Hall–Kier alpha value is -0.570. The summed E-state index contributed by atoms with van der Waals surface area (Å²) < 4.78 is 0. The first-order valence-corrected chi connectivity index (χ1v) is 6.68. The second-order valence-electron chi connectivity index (χ2n) is 4.86. The SMILES string of the molecule is CCCC(C)CC(NN)c1ccc(Cl)c(C)c1. The predicted molar refractivity (Wildman–Crippen MR) is 74.9 cm³/mol. The van der Waals surface area contributed by atoms with E-state index in [2.05, 4.69) is 31.4 Å². The van der Waals surface area contributed by atoms with Crippen LogP contribution in [0.4, 0.5) is 0 Å². The molecule has 0 radical (unpaired) electrons. The molecule has 2 unspecified atom stereocenters. The molecule has 0 fully saturated rings. The molecule has 0 spiro atoms. The summed E-state index contributed by atoms with van der Waals surface area (Å²) in [7, 11) is 0. The molecule has 3 N–H and O–H groups in total. The first-order chi connectivity index (χ1) is 8.08. The molecule has 96 valence electrons. The van der Waals surface area contributed by atoms with E-state index in [1.807, 2.05) is 13.0 Å². The summed E-state index contributed by atoms with van der Waals surface area (Å²) >= 11 is 6.03. The van der Waals surface area contributed by atoms with Crippen LogP contribution in [0, 0.1) is 12.8 Å². The van der Waals surface area contributed by atoms with Crippen LogP contribution in [0.15, 0.2) is 18.2 Å². The molecule has 0 amide bonds. The highest BCUT2D eigenvalue weighted by molar-refractivity contribution is 6.31. The van der Waals surface area contributed by atoms with Gasteiger partial charge < -0.3 is 0 Å². The summed E-state index contributed by atoms with van der Waals surface area (Å²) in [5.41, 5.74) is 5.24. The molecule has 0 saturated heterocycles. The largest absolute Gasteiger partial charge is 0.271 e. The van der Waals surface area contributed by atoms with Crippen LogP contribution in [0.1, 0.15) is 50.3 Å². The average Bonchev–Trinajstić information content (AvgIpc) is 2.30. The van der Waals surface area contributed by atoms with Gasteiger partial charge >= 0.3 is 0 Å². The van der Waals surface area contributed by atoms with Crippen molar-refractivity contribution in [1.29, 1.82) is 0 Å². The summed E-state index contributed by atoms with van der Waals surface area (Å²) in [6.07, 6.45) is 3.52. The van der Waals surface area contributed by atoms with Gasteiger partial charge in [-0.2, -0.15) is 0 Å². The highest BCUT2D eigenvalue weighted by Crippen LogP contribution is 2.26. The van der Waals surface area contributed by atoms with Gasteiger partial charge in [0.1, 0.15) is 0 Å². The van der Waals surface area contributed by atoms with Crippen molar-refractivity contribution in [3.8, 4) is 0 Å². The molecular formula is C14H23ClN2. The Labute approximate surface area is 110 Å². The molecule has 1 aromatic carbocycles. The third-order valence-corrected chi connectivity index (χ3v) is 3.63. The van der Waals surface area contributed by atoms with Crippen molar-refractivity contribution >= 4 is 11.6 Å². The number of rotatable bonds is 6. The fraction of sp³-hybridized carbons (Fsp3) is 0.571. The Kier molecular flexibility index (Phi) is 5.96. The smallest absolute Gasteiger partial charge is 0.0462 e. The lowest BCUT2D eigenvalue weighted by Gasteiger charge is -2.21. The van der Waals surface area contributed by atoms with E-state index in [4.69, 9.17) is 17.4 Å². The fourth-order valence-electron chi connectivity index (χ4n) is 2.20. The highest BCUT2D eigenvalue weighted by atomic mass is 35.5. The van der Waals surface area contributed by atoms with Gasteiger partial charge in [-0.1, -0.05) is 50.4 Å². The van der Waals surface area contributed by atoms with Gasteiger partial charge in [0.25, 0.3) is 0 Å². The molecule has 0 saturated carbocycles. The van der Waals surface area contributed by atoms with Gasteiger partial charge in [-0.15, -0.1) is 0 Å². The Bertz CT molecular complexity index is 352. The van der Waals surface area contributed by atoms with Crippen molar-refractivity contribution in [3.05, 3.63) is 34.3 Å².